The number of anilines is 1. The molecule has 0 aliphatic carbocycles. The molecule has 0 saturated carbocycles. The fourth-order valence-electron chi connectivity index (χ4n) is 3.39. The lowest BCUT2D eigenvalue weighted by Crippen LogP contribution is -2.38. The Bertz CT molecular complexity index is 1270. The molecule has 172 valence electrons. The highest BCUT2D eigenvalue weighted by Crippen LogP contribution is 2.20. The minimum atomic E-state index is -0.667. The molecule has 3 aromatic carbocycles. The molecular weight excluding hydrogens is 437 g/mol. The summed E-state index contributed by atoms with van der Waals surface area (Å²) >= 11 is 0. The Kier molecular flexibility index (Phi) is 6.68. The van der Waals surface area contributed by atoms with Crippen LogP contribution in [0.1, 0.15) is 16.7 Å². The molecular formula is C26H22FN3O4. The van der Waals surface area contributed by atoms with Gasteiger partial charge in [0, 0.05) is 5.69 Å². The molecule has 3 aromatic rings. The monoisotopic (exact) mass is 459 g/mol. The molecule has 1 aliphatic heterocycles. The molecule has 0 bridgehead atoms. The van der Waals surface area contributed by atoms with E-state index in [1.165, 1.54) is 18.2 Å². The van der Waals surface area contributed by atoms with Gasteiger partial charge in [0.15, 0.2) is 0 Å². The zero-order valence-electron chi connectivity index (χ0n) is 18.4. The lowest BCUT2D eigenvalue weighted by molar-refractivity contribution is -0.127. The Morgan fingerprint density at radius 1 is 1.06 bits per heavy atom. The van der Waals surface area contributed by atoms with Crippen molar-refractivity contribution in [3.63, 3.8) is 0 Å². The van der Waals surface area contributed by atoms with Crippen molar-refractivity contribution in [2.75, 3.05) is 11.9 Å². The van der Waals surface area contributed by atoms with Gasteiger partial charge in [-0.3, -0.25) is 9.59 Å². The van der Waals surface area contributed by atoms with Crippen molar-refractivity contribution < 1.29 is 23.5 Å². The van der Waals surface area contributed by atoms with E-state index in [9.17, 15) is 18.8 Å². The second kappa shape index (κ2) is 9.99. The van der Waals surface area contributed by atoms with Crippen LogP contribution in [-0.4, -0.2) is 29.3 Å². The number of hydrogen-bond acceptors (Lipinski definition) is 4. The van der Waals surface area contributed by atoms with E-state index in [-0.39, 0.29) is 18.1 Å². The highest BCUT2D eigenvalue weighted by atomic mass is 19.1. The predicted octanol–water partition coefficient (Wildman–Crippen LogP) is 4.24. The number of ether oxygens (including phenoxy) is 1. The Labute approximate surface area is 195 Å². The van der Waals surface area contributed by atoms with Gasteiger partial charge < -0.3 is 15.4 Å². The van der Waals surface area contributed by atoms with E-state index >= 15 is 0 Å². The number of nitrogens with one attached hydrogen (secondary N) is 2. The van der Waals surface area contributed by atoms with Crippen molar-refractivity contribution in [2.24, 2.45) is 0 Å². The number of hydrogen-bond donors (Lipinski definition) is 2. The van der Waals surface area contributed by atoms with E-state index in [1.54, 1.807) is 54.6 Å². The van der Waals surface area contributed by atoms with Gasteiger partial charge in [-0.25, -0.2) is 14.1 Å². The average molecular weight is 459 g/mol. The summed E-state index contributed by atoms with van der Waals surface area (Å²) in [7, 11) is 0. The first-order valence-electron chi connectivity index (χ1n) is 10.6. The van der Waals surface area contributed by atoms with Gasteiger partial charge in [-0.05, 0) is 66.1 Å². The SMILES string of the molecule is Cc1cccc(NC(=O)CN2C(=O)N/C(=C/c3cccc(OCc4ccc(F)cc4)c3)C2=O)c1. The van der Waals surface area contributed by atoms with Crippen LogP contribution in [0.2, 0.25) is 0 Å². The number of halogens is 1. The van der Waals surface area contributed by atoms with Gasteiger partial charge in [0.05, 0.1) is 0 Å². The largest absolute Gasteiger partial charge is 0.489 e. The number of imide groups is 1. The number of rotatable bonds is 7. The summed E-state index contributed by atoms with van der Waals surface area (Å²) in [5.74, 6) is -0.847. The van der Waals surface area contributed by atoms with Crippen molar-refractivity contribution in [3.05, 3.63) is 101 Å². The molecule has 0 spiro atoms. The molecule has 1 heterocycles. The molecule has 4 rings (SSSR count). The lowest BCUT2D eigenvalue weighted by atomic mass is 10.1. The fourth-order valence-corrected chi connectivity index (χ4v) is 3.39. The molecule has 1 fully saturated rings. The number of carbonyl (C=O) groups excluding carboxylic acids is 3. The number of amides is 4. The third-order valence-electron chi connectivity index (χ3n) is 5.05. The first-order chi connectivity index (χ1) is 16.4. The molecule has 0 aromatic heterocycles. The Morgan fingerprint density at radius 2 is 1.82 bits per heavy atom. The summed E-state index contributed by atoms with van der Waals surface area (Å²) in [5, 5.41) is 5.19. The van der Waals surface area contributed by atoms with Crippen LogP contribution in [0.25, 0.3) is 6.08 Å². The zero-order chi connectivity index (χ0) is 24.1. The second-order valence-corrected chi connectivity index (χ2v) is 7.78. The fraction of sp³-hybridized carbons (Fsp3) is 0.115. The summed E-state index contributed by atoms with van der Waals surface area (Å²) in [6.07, 6.45) is 1.52. The minimum absolute atomic E-state index is 0.0593. The van der Waals surface area contributed by atoms with E-state index in [1.807, 2.05) is 13.0 Å². The van der Waals surface area contributed by atoms with E-state index in [0.717, 1.165) is 16.0 Å². The van der Waals surface area contributed by atoms with Crippen LogP contribution in [0.4, 0.5) is 14.9 Å². The topological polar surface area (TPSA) is 87.7 Å². The molecule has 0 atom stereocenters. The number of benzene rings is 3. The van der Waals surface area contributed by atoms with Crippen LogP contribution in [0, 0.1) is 12.7 Å². The van der Waals surface area contributed by atoms with Crippen LogP contribution >= 0.6 is 0 Å². The summed E-state index contributed by atoms with van der Waals surface area (Å²) in [6.45, 7) is 1.74. The second-order valence-electron chi connectivity index (χ2n) is 7.78. The Hall–Kier alpha value is -4.46. The summed E-state index contributed by atoms with van der Waals surface area (Å²) < 4.78 is 18.8. The zero-order valence-corrected chi connectivity index (χ0v) is 18.4. The van der Waals surface area contributed by atoms with Gasteiger partial charge in [-0.15, -0.1) is 0 Å². The number of aryl methyl sites for hydroxylation is 1. The van der Waals surface area contributed by atoms with Crippen molar-refractivity contribution in [3.8, 4) is 5.75 Å². The Morgan fingerprint density at radius 3 is 2.59 bits per heavy atom. The molecule has 2 N–H and O–H groups in total. The molecule has 34 heavy (non-hydrogen) atoms. The summed E-state index contributed by atoms with van der Waals surface area (Å²) in [6, 6.07) is 19.5. The summed E-state index contributed by atoms with van der Waals surface area (Å²) in [4.78, 5) is 38.2. The van der Waals surface area contributed by atoms with E-state index in [4.69, 9.17) is 4.74 Å². The van der Waals surface area contributed by atoms with Crippen molar-refractivity contribution in [1.82, 2.24) is 10.2 Å². The quantitative estimate of drug-likeness (QED) is 0.409. The first-order valence-corrected chi connectivity index (χ1v) is 10.6. The molecule has 7 nitrogen and oxygen atoms in total. The number of nitrogens with zero attached hydrogens (tertiary/aromatic N) is 1. The molecule has 0 radical (unpaired) electrons. The first kappa shape index (κ1) is 22.7. The van der Waals surface area contributed by atoms with E-state index in [2.05, 4.69) is 10.6 Å². The highest BCUT2D eigenvalue weighted by Gasteiger charge is 2.34. The van der Waals surface area contributed by atoms with Gasteiger partial charge in [0.1, 0.15) is 30.4 Å². The van der Waals surface area contributed by atoms with Gasteiger partial charge in [-0.2, -0.15) is 0 Å². The van der Waals surface area contributed by atoms with Crippen LogP contribution < -0.4 is 15.4 Å². The third-order valence-corrected chi connectivity index (χ3v) is 5.05. The molecule has 8 heteroatoms. The molecule has 1 saturated heterocycles. The molecule has 0 unspecified atom stereocenters. The Balaban J connectivity index is 1.39. The van der Waals surface area contributed by atoms with Crippen LogP contribution in [0.3, 0.4) is 0 Å². The maximum Gasteiger partial charge on any atom is 0.329 e. The van der Waals surface area contributed by atoms with Crippen molar-refractivity contribution >= 4 is 29.6 Å². The van der Waals surface area contributed by atoms with E-state index in [0.29, 0.717) is 17.0 Å². The average Bonchev–Trinajstić information content (AvgIpc) is 3.06. The highest BCUT2D eigenvalue weighted by molar-refractivity contribution is 6.15. The van der Waals surface area contributed by atoms with Gasteiger partial charge in [0.2, 0.25) is 5.91 Å². The summed E-state index contributed by atoms with van der Waals surface area (Å²) in [5.41, 5.74) is 3.06. The maximum absolute atomic E-state index is 13.0. The maximum atomic E-state index is 13.0. The molecule has 1 aliphatic rings. The number of urea groups is 1. The van der Waals surface area contributed by atoms with E-state index < -0.39 is 24.4 Å². The number of carbonyl (C=O) groups is 3. The van der Waals surface area contributed by atoms with Crippen molar-refractivity contribution in [2.45, 2.75) is 13.5 Å². The van der Waals surface area contributed by atoms with Crippen LogP contribution in [-0.2, 0) is 16.2 Å². The van der Waals surface area contributed by atoms with Gasteiger partial charge >= 0.3 is 6.03 Å². The van der Waals surface area contributed by atoms with Gasteiger partial charge in [0.25, 0.3) is 5.91 Å². The minimum Gasteiger partial charge on any atom is -0.489 e. The predicted molar refractivity (Wildman–Crippen MR) is 125 cm³/mol. The van der Waals surface area contributed by atoms with Crippen LogP contribution in [0.15, 0.2) is 78.5 Å². The van der Waals surface area contributed by atoms with Crippen LogP contribution in [0.5, 0.6) is 5.75 Å². The molecule has 4 amide bonds. The van der Waals surface area contributed by atoms with Gasteiger partial charge in [-0.1, -0.05) is 36.4 Å². The standard InChI is InChI=1S/C26H22FN3O4/c1-17-4-2-6-21(12-17)28-24(31)15-30-25(32)23(29-26(30)33)14-19-5-3-7-22(13-19)34-16-18-8-10-20(27)11-9-18/h2-14H,15-16H2,1H3,(H,28,31)(H,29,33)/b23-14+. The lowest BCUT2D eigenvalue weighted by Gasteiger charge is -2.12. The normalized spacial score (nSPS) is 14.3. The van der Waals surface area contributed by atoms with Crippen molar-refractivity contribution in [1.29, 1.82) is 0 Å². The third kappa shape index (κ3) is 5.66. The smallest absolute Gasteiger partial charge is 0.329 e.